The first-order valence-corrected chi connectivity index (χ1v) is 11.0. The van der Waals surface area contributed by atoms with E-state index < -0.39 is 46.2 Å². The molecule has 0 aromatic heterocycles. The lowest BCUT2D eigenvalue weighted by Crippen LogP contribution is -2.51. The number of benzene rings is 2. The van der Waals surface area contributed by atoms with E-state index in [0.717, 1.165) is 12.1 Å². The van der Waals surface area contributed by atoms with Gasteiger partial charge in [0.25, 0.3) is 0 Å². The number of esters is 1. The third-order valence-corrected chi connectivity index (χ3v) is 5.76. The number of amides is 1. The third kappa shape index (κ3) is 3.67. The molecule has 2 aromatic rings. The van der Waals surface area contributed by atoms with E-state index in [-0.39, 0.29) is 34.7 Å². The van der Waals surface area contributed by atoms with Crippen LogP contribution in [-0.4, -0.2) is 43.1 Å². The van der Waals surface area contributed by atoms with Crippen molar-refractivity contribution in [2.45, 2.75) is 38.7 Å². The van der Waals surface area contributed by atoms with Gasteiger partial charge in [-0.2, -0.15) is 0 Å². The first-order valence-electron chi connectivity index (χ1n) is 11.0. The van der Waals surface area contributed by atoms with Crippen LogP contribution in [0.3, 0.4) is 0 Å². The lowest BCUT2D eigenvalue weighted by atomic mass is 9.65. The summed E-state index contributed by atoms with van der Waals surface area (Å²) in [5.74, 6) is -3.67. The number of hydrogen-bond donors (Lipinski definition) is 0. The van der Waals surface area contributed by atoms with Gasteiger partial charge in [0.05, 0.1) is 6.61 Å². The monoisotopic (exact) mass is 481 g/mol. The molecule has 2 aromatic carbocycles. The summed E-state index contributed by atoms with van der Waals surface area (Å²) in [6.07, 6.45) is -1.15. The van der Waals surface area contributed by atoms with Crippen molar-refractivity contribution < 1.29 is 37.8 Å². The van der Waals surface area contributed by atoms with E-state index in [1.54, 1.807) is 39.8 Å². The number of ether oxygens (including phenoxy) is 3. The van der Waals surface area contributed by atoms with Crippen molar-refractivity contribution in [3.63, 3.8) is 0 Å². The normalized spacial score (nSPS) is 19.0. The molecular formula is C26H24FNO7. The third-order valence-electron chi connectivity index (χ3n) is 5.76. The highest BCUT2D eigenvalue weighted by Gasteiger charge is 2.64. The van der Waals surface area contributed by atoms with Crippen molar-refractivity contribution >= 4 is 35.3 Å². The number of hydrogen-bond acceptors (Lipinski definition) is 7. The van der Waals surface area contributed by atoms with Crippen LogP contribution in [0.1, 0.15) is 49.2 Å². The zero-order chi connectivity index (χ0) is 25.7. The maximum absolute atomic E-state index is 14.5. The number of rotatable bonds is 3. The van der Waals surface area contributed by atoms with E-state index in [1.165, 1.54) is 30.1 Å². The fraction of sp³-hybridized carbons (Fsp3) is 0.308. The lowest BCUT2D eigenvalue weighted by molar-refractivity contribution is -0.140. The second-order valence-corrected chi connectivity index (χ2v) is 9.14. The molecule has 182 valence electrons. The predicted molar refractivity (Wildman–Crippen MR) is 123 cm³/mol. The van der Waals surface area contributed by atoms with Gasteiger partial charge in [0.2, 0.25) is 5.91 Å². The van der Waals surface area contributed by atoms with E-state index in [4.69, 9.17) is 14.2 Å². The molecule has 1 aliphatic heterocycles. The molecule has 1 aliphatic carbocycles. The van der Waals surface area contributed by atoms with Crippen LogP contribution < -0.4 is 4.90 Å². The Morgan fingerprint density at radius 3 is 2.34 bits per heavy atom. The van der Waals surface area contributed by atoms with Gasteiger partial charge >= 0.3 is 12.1 Å². The zero-order valence-electron chi connectivity index (χ0n) is 19.9. The van der Waals surface area contributed by atoms with Gasteiger partial charge in [0.1, 0.15) is 17.0 Å². The molecule has 2 aliphatic rings. The summed E-state index contributed by atoms with van der Waals surface area (Å²) in [7, 11) is 1.42. The largest absolute Gasteiger partial charge is 0.514 e. The smallest absolute Gasteiger partial charge is 0.462 e. The summed E-state index contributed by atoms with van der Waals surface area (Å²) in [4.78, 5) is 55.2. The Kier molecular flexibility index (Phi) is 5.75. The van der Waals surface area contributed by atoms with Crippen molar-refractivity contribution in [1.82, 2.24) is 0 Å². The molecule has 8 nitrogen and oxygen atoms in total. The topological polar surface area (TPSA) is 99.2 Å². The quantitative estimate of drug-likeness (QED) is 0.479. The van der Waals surface area contributed by atoms with Crippen molar-refractivity contribution in [1.29, 1.82) is 0 Å². The number of nitrogens with zero attached hydrogens (tertiary/aromatic N) is 1. The molecule has 1 atom stereocenters. The van der Waals surface area contributed by atoms with Crippen molar-refractivity contribution in [2.24, 2.45) is 0 Å². The molecule has 35 heavy (non-hydrogen) atoms. The van der Waals surface area contributed by atoms with Gasteiger partial charge in [0, 0.05) is 29.4 Å². The minimum absolute atomic E-state index is 0.0259. The number of likely N-dealkylation sites (N-methyl/N-ethyl adjacent to an activating group) is 1. The lowest BCUT2D eigenvalue weighted by Gasteiger charge is -2.34. The van der Waals surface area contributed by atoms with Crippen LogP contribution in [0.15, 0.2) is 48.0 Å². The fourth-order valence-electron chi connectivity index (χ4n) is 4.45. The second kappa shape index (κ2) is 8.33. The predicted octanol–water partition coefficient (Wildman–Crippen LogP) is 4.16. The molecule has 0 saturated heterocycles. The number of anilines is 1. The molecule has 1 spiro atoms. The van der Waals surface area contributed by atoms with Crippen molar-refractivity contribution in [2.75, 3.05) is 18.6 Å². The molecule has 1 amide bonds. The number of carbonyl (C=O) groups excluding carboxylic acids is 4. The standard InChI is InChI=1S/C26H24FNO7/c1-6-33-22(30)19-20(34-24(32)35-25(2,3)4)15-9-7-8-10-16(15)21(29)26(19)17-13-14(27)11-12-18(17)28(5)23(26)31/h7-13H,6H2,1-5H3. The van der Waals surface area contributed by atoms with E-state index in [2.05, 4.69) is 0 Å². The minimum Gasteiger partial charge on any atom is -0.462 e. The number of carbonyl (C=O) groups is 4. The summed E-state index contributed by atoms with van der Waals surface area (Å²) < 4.78 is 30.5. The van der Waals surface area contributed by atoms with Crippen LogP contribution in [0.5, 0.6) is 0 Å². The Bertz CT molecular complexity index is 1310. The molecule has 0 fully saturated rings. The number of ketones is 1. The summed E-state index contributed by atoms with van der Waals surface area (Å²) in [6, 6.07) is 9.62. The average Bonchev–Trinajstić information content (AvgIpc) is 2.98. The molecular weight excluding hydrogens is 457 g/mol. The molecule has 0 bridgehead atoms. The minimum atomic E-state index is -2.32. The molecule has 0 saturated carbocycles. The maximum Gasteiger partial charge on any atom is 0.514 e. The van der Waals surface area contributed by atoms with E-state index in [9.17, 15) is 23.6 Å². The van der Waals surface area contributed by atoms with E-state index >= 15 is 0 Å². The Morgan fingerprint density at radius 1 is 1.06 bits per heavy atom. The highest BCUT2D eigenvalue weighted by molar-refractivity contribution is 6.35. The summed E-state index contributed by atoms with van der Waals surface area (Å²) in [6.45, 7) is 6.35. The van der Waals surface area contributed by atoms with Crippen LogP contribution >= 0.6 is 0 Å². The average molecular weight is 481 g/mol. The van der Waals surface area contributed by atoms with Crippen LogP contribution in [0, 0.1) is 5.82 Å². The van der Waals surface area contributed by atoms with E-state index in [1.807, 2.05) is 0 Å². The number of fused-ring (bicyclic) bond motifs is 3. The molecule has 9 heteroatoms. The maximum atomic E-state index is 14.5. The van der Waals surface area contributed by atoms with Crippen LogP contribution in [-0.2, 0) is 29.2 Å². The van der Waals surface area contributed by atoms with Gasteiger partial charge in [0.15, 0.2) is 17.0 Å². The first kappa shape index (κ1) is 24.1. The number of Topliss-reactive ketones (excluding diaryl/α,β-unsaturated/α-hetero) is 1. The first-order chi connectivity index (χ1) is 16.4. The molecule has 1 heterocycles. The highest BCUT2D eigenvalue weighted by Crippen LogP contribution is 2.53. The Labute approximate surface area is 201 Å². The van der Waals surface area contributed by atoms with E-state index in [0.29, 0.717) is 0 Å². The van der Waals surface area contributed by atoms with Gasteiger partial charge in [-0.25, -0.2) is 14.0 Å². The van der Waals surface area contributed by atoms with Crippen LogP contribution in [0.25, 0.3) is 5.76 Å². The Balaban J connectivity index is 2.10. The molecule has 0 radical (unpaired) electrons. The number of halogens is 1. The van der Waals surface area contributed by atoms with Crippen molar-refractivity contribution in [3.8, 4) is 0 Å². The molecule has 4 rings (SSSR count). The Morgan fingerprint density at radius 2 is 1.71 bits per heavy atom. The fourth-order valence-corrected chi connectivity index (χ4v) is 4.45. The zero-order valence-corrected chi connectivity index (χ0v) is 19.9. The Hall–Kier alpha value is -4.01. The van der Waals surface area contributed by atoms with Gasteiger partial charge in [-0.15, -0.1) is 0 Å². The van der Waals surface area contributed by atoms with Crippen molar-refractivity contribution in [3.05, 3.63) is 70.5 Å². The highest BCUT2D eigenvalue weighted by atomic mass is 19.1. The van der Waals surface area contributed by atoms with Crippen LogP contribution in [0.4, 0.5) is 14.9 Å². The van der Waals surface area contributed by atoms with Gasteiger partial charge in [-0.1, -0.05) is 24.3 Å². The van der Waals surface area contributed by atoms with Gasteiger partial charge in [-0.05, 0) is 45.9 Å². The van der Waals surface area contributed by atoms with Gasteiger partial charge in [-0.3, -0.25) is 9.59 Å². The van der Waals surface area contributed by atoms with Gasteiger partial charge < -0.3 is 19.1 Å². The molecule has 0 N–H and O–H groups in total. The summed E-state index contributed by atoms with van der Waals surface area (Å²) in [5, 5.41) is 0. The summed E-state index contributed by atoms with van der Waals surface area (Å²) >= 11 is 0. The summed E-state index contributed by atoms with van der Waals surface area (Å²) in [5.41, 5.74) is -3.42. The second-order valence-electron chi connectivity index (χ2n) is 9.14. The molecule has 1 unspecified atom stereocenters. The SMILES string of the molecule is CCOC(=O)C1=C(OC(=O)OC(C)(C)C)c2ccccc2C(=O)C12C(=O)N(C)c1ccc(F)cc12. The van der Waals surface area contributed by atoms with Crippen LogP contribution in [0.2, 0.25) is 0 Å².